The van der Waals surface area contributed by atoms with Crippen LogP contribution in [0, 0.1) is 5.92 Å². The molecule has 1 aromatic rings. The minimum atomic E-state index is -0.602. The Balaban J connectivity index is 2.07. The Kier molecular flexibility index (Phi) is 4.91. The van der Waals surface area contributed by atoms with Gasteiger partial charge in [0.2, 0.25) is 0 Å². The van der Waals surface area contributed by atoms with E-state index in [1.165, 1.54) is 6.33 Å². The van der Waals surface area contributed by atoms with Crippen molar-refractivity contribution in [2.75, 3.05) is 7.11 Å². The highest BCUT2D eigenvalue weighted by Crippen LogP contribution is 2.35. The molecule has 0 unspecified atom stereocenters. The fourth-order valence-corrected chi connectivity index (χ4v) is 2.95. The summed E-state index contributed by atoms with van der Waals surface area (Å²) in [6.45, 7) is 5.13. The van der Waals surface area contributed by atoms with Crippen molar-refractivity contribution in [3.63, 3.8) is 0 Å². The molecule has 1 aliphatic rings. The minimum absolute atomic E-state index is 0.150. The number of rotatable bonds is 6. The first-order valence-electron chi connectivity index (χ1n) is 7.56. The fraction of sp³-hybridized carbons (Fsp3) is 0.800. The highest BCUT2D eigenvalue weighted by atomic mass is 16.5. The number of ketones is 1. The first-order chi connectivity index (χ1) is 9.61. The van der Waals surface area contributed by atoms with Crippen LogP contribution in [-0.2, 0) is 22.5 Å². The van der Waals surface area contributed by atoms with Gasteiger partial charge in [-0.2, -0.15) is 5.10 Å². The molecule has 5 heteroatoms. The summed E-state index contributed by atoms with van der Waals surface area (Å²) in [6.07, 6.45) is 6.60. The van der Waals surface area contributed by atoms with Crippen molar-refractivity contribution >= 4 is 5.78 Å². The second-order valence-corrected chi connectivity index (χ2v) is 5.88. The van der Waals surface area contributed by atoms with E-state index in [9.17, 15) is 4.79 Å². The van der Waals surface area contributed by atoms with Gasteiger partial charge < -0.3 is 4.74 Å². The van der Waals surface area contributed by atoms with Crippen molar-refractivity contribution in [3.8, 4) is 0 Å². The number of hydrogen-bond donors (Lipinski definition) is 0. The molecular formula is C15H25N3O2. The van der Waals surface area contributed by atoms with Crippen LogP contribution in [0.25, 0.3) is 0 Å². The van der Waals surface area contributed by atoms with Crippen LogP contribution in [0.15, 0.2) is 6.33 Å². The summed E-state index contributed by atoms with van der Waals surface area (Å²) in [5, 5.41) is 4.18. The summed E-state index contributed by atoms with van der Waals surface area (Å²) in [7, 11) is 1.66. The second-order valence-electron chi connectivity index (χ2n) is 5.88. The Morgan fingerprint density at radius 1 is 1.50 bits per heavy atom. The Morgan fingerprint density at radius 3 is 2.80 bits per heavy atom. The van der Waals surface area contributed by atoms with E-state index in [1.54, 1.807) is 7.11 Å². The molecule has 1 heterocycles. The maximum absolute atomic E-state index is 12.7. The van der Waals surface area contributed by atoms with E-state index in [1.807, 2.05) is 4.68 Å². The summed E-state index contributed by atoms with van der Waals surface area (Å²) >= 11 is 0. The quantitative estimate of drug-likeness (QED) is 0.802. The van der Waals surface area contributed by atoms with Crippen LogP contribution in [0.1, 0.15) is 51.8 Å². The zero-order valence-electron chi connectivity index (χ0n) is 12.8. The number of carbonyl (C=O) groups excluding carboxylic acids is 1. The van der Waals surface area contributed by atoms with Gasteiger partial charge >= 0.3 is 0 Å². The van der Waals surface area contributed by atoms with Gasteiger partial charge in [-0.15, -0.1) is 0 Å². The average Bonchev–Trinajstić information content (AvgIpc) is 2.88. The largest absolute Gasteiger partial charge is 0.370 e. The molecule has 0 atom stereocenters. The van der Waals surface area contributed by atoms with Crippen molar-refractivity contribution in [2.24, 2.45) is 5.92 Å². The van der Waals surface area contributed by atoms with Crippen molar-refractivity contribution in [2.45, 2.75) is 64.5 Å². The van der Waals surface area contributed by atoms with Gasteiger partial charge in [-0.1, -0.05) is 13.8 Å². The molecule has 0 spiro atoms. The predicted octanol–water partition coefficient (Wildman–Crippen LogP) is 2.40. The first kappa shape index (κ1) is 15.2. The summed E-state index contributed by atoms with van der Waals surface area (Å²) in [4.78, 5) is 16.9. The number of hydrogen-bond acceptors (Lipinski definition) is 4. The molecule has 1 aromatic heterocycles. The summed E-state index contributed by atoms with van der Waals surface area (Å²) in [5.74, 6) is 1.60. The van der Waals surface area contributed by atoms with E-state index >= 15 is 0 Å². The smallest absolute Gasteiger partial charge is 0.172 e. The average molecular weight is 279 g/mol. The predicted molar refractivity (Wildman–Crippen MR) is 76.4 cm³/mol. The maximum Gasteiger partial charge on any atom is 0.172 e. The van der Waals surface area contributed by atoms with Crippen molar-refractivity contribution in [1.29, 1.82) is 0 Å². The van der Waals surface area contributed by atoms with Crippen molar-refractivity contribution in [3.05, 3.63) is 12.2 Å². The molecule has 2 rings (SSSR count). The van der Waals surface area contributed by atoms with Crippen molar-refractivity contribution < 1.29 is 9.53 Å². The third-order valence-corrected chi connectivity index (χ3v) is 4.43. The summed E-state index contributed by atoms with van der Waals surface area (Å²) in [5.41, 5.74) is -0.602. The topological polar surface area (TPSA) is 57.0 Å². The lowest BCUT2D eigenvalue weighted by atomic mass is 9.76. The molecule has 20 heavy (non-hydrogen) atoms. The molecule has 0 N–H and O–H groups in total. The van der Waals surface area contributed by atoms with Gasteiger partial charge in [0, 0.05) is 13.7 Å². The van der Waals surface area contributed by atoms with Crippen LogP contribution >= 0.6 is 0 Å². The van der Waals surface area contributed by atoms with Gasteiger partial charge in [-0.25, -0.2) is 9.67 Å². The van der Waals surface area contributed by atoms with Crippen LogP contribution in [-0.4, -0.2) is 33.3 Å². The van der Waals surface area contributed by atoms with Crippen LogP contribution in [0.5, 0.6) is 0 Å². The van der Waals surface area contributed by atoms with E-state index in [0.29, 0.717) is 12.3 Å². The van der Waals surface area contributed by atoms with Crippen molar-refractivity contribution in [1.82, 2.24) is 14.8 Å². The molecule has 1 fully saturated rings. The monoisotopic (exact) mass is 279 g/mol. The summed E-state index contributed by atoms with van der Waals surface area (Å²) in [6, 6.07) is 0. The molecule has 0 amide bonds. The Labute approximate surface area is 120 Å². The van der Waals surface area contributed by atoms with Gasteiger partial charge in [0.15, 0.2) is 5.78 Å². The molecule has 1 aliphatic carbocycles. The van der Waals surface area contributed by atoms with E-state index in [-0.39, 0.29) is 5.78 Å². The molecule has 0 aromatic carbocycles. The van der Waals surface area contributed by atoms with Gasteiger partial charge in [0.25, 0.3) is 0 Å². The number of ether oxygens (including phenoxy) is 1. The molecule has 112 valence electrons. The Bertz CT molecular complexity index is 448. The van der Waals surface area contributed by atoms with E-state index in [0.717, 1.165) is 44.5 Å². The second kappa shape index (κ2) is 6.48. The third-order valence-electron chi connectivity index (χ3n) is 4.43. The zero-order chi connectivity index (χ0) is 14.6. The minimum Gasteiger partial charge on any atom is -0.370 e. The van der Waals surface area contributed by atoms with Crippen LogP contribution in [0.4, 0.5) is 0 Å². The molecule has 1 saturated carbocycles. The molecule has 5 nitrogen and oxygen atoms in total. The van der Waals surface area contributed by atoms with Gasteiger partial charge in [-0.3, -0.25) is 4.79 Å². The fourth-order valence-electron chi connectivity index (χ4n) is 2.95. The normalized spacial score (nSPS) is 26.6. The van der Waals surface area contributed by atoms with Gasteiger partial charge in [0.1, 0.15) is 17.8 Å². The molecule has 0 bridgehead atoms. The Morgan fingerprint density at radius 2 is 2.20 bits per heavy atom. The van der Waals surface area contributed by atoms with Crippen LogP contribution in [0.2, 0.25) is 0 Å². The van der Waals surface area contributed by atoms with E-state index in [4.69, 9.17) is 4.74 Å². The zero-order valence-corrected chi connectivity index (χ0v) is 12.8. The van der Waals surface area contributed by atoms with Gasteiger partial charge in [0.05, 0.1) is 6.42 Å². The highest BCUT2D eigenvalue weighted by Gasteiger charge is 2.41. The standard InChI is InChI=1S/C15H25N3O2/c1-4-9-18-14(16-11-17-18)10-13(19)15(20-3)7-5-12(2)6-8-15/h11-12H,4-10H2,1-3H3. The first-order valence-corrected chi connectivity index (χ1v) is 7.56. The number of nitrogens with zero attached hydrogens (tertiary/aromatic N) is 3. The third kappa shape index (κ3) is 3.08. The van der Waals surface area contributed by atoms with Crippen LogP contribution in [0.3, 0.4) is 0 Å². The number of Topliss-reactive ketones (excluding diaryl/α,β-unsaturated/α-hetero) is 1. The molecule has 0 aliphatic heterocycles. The number of methoxy groups -OCH3 is 1. The van der Waals surface area contributed by atoms with Gasteiger partial charge in [-0.05, 0) is 38.0 Å². The molecule has 0 saturated heterocycles. The lowest BCUT2D eigenvalue weighted by Gasteiger charge is -2.36. The number of aryl methyl sites for hydroxylation is 1. The Hall–Kier alpha value is -1.23. The maximum atomic E-state index is 12.7. The molecule has 0 radical (unpaired) electrons. The molecular weight excluding hydrogens is 254 g/mol. The van der Waals surface area contributed by atoms with Crippen LogP contribution < -0.4 is 0 Å². The number of aromatic nitrogens is 3. The van der Waals surface area contributed by atoms with E-state index in [2.05, 4.69) is 23.9 Å². The lowest BCUT2D eigenvalue weighted by Crippen LogP contribution is -2.45. The highest BCUT2D eigenvalue weighted by molar-refractivity contribution is 5.88. The summed E-state index contributed by atoms with van der Waals surface area (Å²) < 4.78 is 7.46. The van der Waals surface area contributed by atoms with E-state index < -0.39 is 5.60 Å². The number of carbonyl (C=O) groups is 1. The lowest BCUT2D eigenvalue weighted by molar-refractivity contribution is -0.145. The SMILES string of the molecule is CCCn1ncnc1CC(=O)C1(OC)CCC(C)CC1.